The van der Waals surface area contributed by atoms with Gasteiger partial charge in [0, 0.05) is 36.2 Å². The number of hydrogen-bond donors (Lipinski definition) is 1. The molecule has 0 saturated carbocycles. The number of amides is 1. The summed E-state index contributed by atoms with van der Waals surface area (Å²) in [5.41, 5.74) is 2.39. The van der Waals surface area contributed by atoms with Gasteiger partial charge >= 0.3 is 6.61 Å². The summed E-state index contributed by atoms with van der Waals surface area (Å²) in [5, 5.41) is 3.41. The number of aromatic nitrogens is 1. The molecule has 0 unspecified atom stereocenters. The summed E-state index contributed by atoms with van der Waals surface area (Å²) in [6.45, 7) is -2.96. The third kappa shape index (κ3) is 4.51. The molecule has 1 aromatic heterocycles. The highest BCUT2D eigenvalue weighted by Crippen LogP contribution is 2.28. The third-order valence-electron chi connectivity index (χ3n) is 5.17. The summed E-state index contributed by atoms with van der Waals surface area (Å²) >= 11 is 0. The maximum atomic E-state index is 13.0. The number of anilines is 1. The third-order valence-corrected chi connectivity index (χ3v) is 5.17. The van der Waals surface area contributed by atoms with Gasteiger partial charge in [-0.05, 0) is 29.8 Å². The molecule has 1 amide bonds. The molecule has 0 aliphatic rings. The predicted octanol–water partition coefficient (Wildman–Crippen LogP) is 4.98. The van der Waals surface area contributed by atoms with E-state index in [2.05, 4.69) is 10.1 Å². The molecule has 0 saturated heterocycles. The van der Waals surface area contributed by atoms with E-state index in [1.807, 2.05) is 30.3 Å². The number of fused-ring (bicyclic) bond motifs is 1. The van der Waals surface area contributed by atoms with Crippen LogP contribution < -0.4 is 15.6 Å². The fourth-order valence-corrected chi connectivity index (χ4v) is 3.62. The molecule has 0 bridgehead atoms. The van der Waals surface area contributed by atoms with E-state index in [4.69, 9.17) is 0 Å². The summed E-state index contributed by atoms with van der Waals surface area (Å²) in [4.78, 5) is 25.3. The van der Waals surface area contributed by atoms with Crippen molar-refractivity contribution in [2.45, 2.75) is 13.0 Å². The first-order valence-electron chi connectivity index (χ1n) is 9.94. The largest absolute Gasteiger partial charge is 0.435 e. The van der Waals surface area contributed by atoms with Crippen molar-refractivity contribution in [3.63, 3.8) is 0 Å². The van der Waals surface area contributed by atoms with E-state index in [9.17, 15) is 18.4 Å². The first kappa shape index (κ1) is 21.2. The van der Waals surface area contributed by atoms with Gasteiger partial charge in [-0.25, -0.2) is 0 Å². The number of carbonyl (C=O) groups is 1. The molecule has 4 aromatic rings. The number of alkyl halides is 2. The van der Waals surface area contributed by atoms with Crippen LogP contribution in [0.2, 0.25) is 0 Å². The molecular formula is C25H20F2N2O3. The van der Waals surface area contributed by atoms with Crippen LogP contribution in [0.15, 0.2) is 83.7 Å². The van der Waals surface area contributed by atoms with Crippen molar-refractivity contribution < 1.29 is 18.3 Å². The molecule has 0 aliphatic carbocycles. The average molecular weight is 434 g/mol. The summed E-state index contributed by atoms with van der Waals surface area (Å²) in [6, 6.07) is 22.2. The summed E-state index contributed by atoms with van der Waals surface area (Å²) in [5.74, 6) is -0.423. The molecule has 0 radical (unpaired) electrons. The van der Waals surface area contributed by atoms with Gasteiger partial charge in [0.2, 0.25) is 0 Å². The van der Waals surface area contributed by atoms with Crippen LogP contribution in [-0.2, 0) is 13.5 Å². The van der Waals surface area contributed by atoms with Crippen LogP contribution in [0.3, 0.4) is 0 Å². The molecule has 0 spiro atoms. The Hall–Kier alpha value is -4.00. The standard InChI is InChI=1S/C25H20F2N2O3/c1-29-21-10-6-5-9-19(21)20(15-23(29)30)24(31)28-18-11-12-22(32-25(26)27)17(14-18)13-16-7-3-2-4-8-16/h2-12,14-15,25H,13H2,1H3,(H,28,31). The van der Waals surface area contributed by atoms with Gasteiger partial charge in [0.25, 0.3) is 11.5 Å². The Kier molecular flexibility index (Phi) is 5.98. The lowest BCUT2D eigenvalue weighted by Gasteiger charge is -2.14. The number of nitrogens with zero attached hydrogens (tertiary/aromatic N) is 1. The Labute approximate surface area is 182 Å². The van der Waals surface area contributed by atoms with E-state index in [-0.39, 0.29) is 16.9 Å². The number of para-hydroxylation sites is 1. The number of benzene rings is 3. The minimum Gasteiger partial charge on any atom is -0.435 e. The van der Waals surface area contributed by atoms with E-state index in [0.29, 0.717) is 28.6 Å². The van der Waals surface area contributed by atoms with Crippen LogP contribution in [0.4, 0.5) is 14.5 Å². The number of nitrogens with one attached hydrogen (secondary N) is 1. The van der Waals surface area contributed by atoms with Gasteiger partial charge < -0.3 is 14.6 Å². The lowest BCUT2D eigenvalue weighted by Crippen LogP contribution is -2.21. The highest BCUT2D eigenvalue weighted by molar-refractivity contribution is 6.12. The number of ether oxygens (including phenoxy) is 1. The van der Waals surface area contributed by atoms with Crippen molar-refractivity contribution in [1.82, 2.24) is 4.57 Å². The summed E-state index contributed by atoms with van der Waals surface area (Å²) in [6.07, 6.45) is 0.349. The molecule has 1 N–H and O–H groups in total. The van der Waals surface area contributed by atoms with E-state index in [1.54, 1.807) is 37.4 Å². The zero-order valence-electron chi connectivity index (χ0n) is 17.2. The van der Waals surface area contributed by atoms with E-state index in [0.717, 1.165) is 5.56 Å². The van der Waals surface area contributed by atoms with Gasteiger partial charge in [0.1, 0.15) is 5.75 Å². The van der Waals surface area contributed by atoms with E-state index in [1.165, 1.54) is 22.8 Å². The molecule has 3 aromatic carbocycles. The smallest absolute Gasteiger partial charge is 0.387 e. The molecular weight excluding hydrogens is 414 g/mol. The van der Waals surface area contributed by atoms with Crippen LogP contribution in [-0.4, -0.2) is 17.1 Å². The minimum atomic E-state index is -2.96. The first-order valence-corrected chi connectivity index (χ1v) is 9.94. The zero-order valence-corrected chi connectivity index (χ0v) is 17.2. The number of hydrogen-bond acceptors (Lipinski definition) is 3. The molecule has 7 heteroatoms. The van der Waals surface area contributed by atoms with Gasteiger partial charge in [0.05, 0.1) is 11.1 Å². The second kappa shape index (κ2) is 9.01. The number of aryl methyl sites for hydroxylation is 1. The van der Waals surface area contributed by atoms with Crippen LogP contribution in [0.25, 0.3) is 10.9 Å². The highest BCUT2D eigenvalue weighted by atomic mass is 19.3. The summed E-state index contributed by atoms with van der Waals surface area (Å²) in [7, 11) is 1.64. The maximum absolute atomic E-state index is 13.0. The van der Waals surface area contributed by atoms with Crippen molar-refractivity contribution in [1.29, 1.82) is 0 Å². The average Bonchev–Trinajstić information content (AvgIpc) is 2.78. The van der Waals surface area contributed by atoms with Crippen LogP contribution >= 0.6 is 0 Å². The number of halogens is 2. The second-order valence-electron chi connectivity index (χ2n) is 7.29. The van der Waals surface area contributed by atoms with Crippen molar-refractivity contribution in [2.24, 2.45) is 7.05 Å². The van der Waals surface area contributed by atoms with Crippen LogP contribution in [0.1, 0.15) is 21.5 Å². The Morgan fingerprint density at radius 2 is 1.72 bits per heavy atom. The predicted molar refractivity (Wildman–Crippen MR) is 119 cm³/mol. The second-order valence-corrected chi connectivity index (χ2v) is 7.29. The maximum Gasteiger partial charge on any atom is 0.387 e. The van der Waals surface area contributed by atoms with Gasteiger partial charge in [0.15, 0.2) is 0 Å². The first-order chi connectivity index (χ1) is 15.4. The molecule has 0 fully saturated rings. The lowest BCUT2D eigenvalue weighted by atomic mass is 10.0. The van der Waals surface area contributed by atoms with Crippen LogP contribution in [0, 0.1) is 0 Å². The number of rotatable bonds is 6. The van der Waals surface area contributed by atoms with Crippen molar-refractivity contribution >= 4 is 22.5 Å². The van der Waals surface area contributed by atoms with Gasteiger partial charge in [-0.1, -0.05) is 48.5 Å². The number of carbonyl (C=O) groups excluding carboxylic acids is 1. The minimum absolute atomic E-state index is 0.0425. The Balaban J connectivity index is 1.68. The Bertz CT molecular complexity index is 1330. The fraction of sp³-hybridized carbons (Fsp3) is 0.120. The normalized spacial score (nSPS) is 11.0. The Morgan fingerprint density at radius 1 is 1.00 bits per heavy atom. The van der Waals surface area contributed by atoms with Crippen molar-refractivity contribution in [2.75, 3.05) is 5.32 Å². The SMILES string of the molecule is Cn1c(=O)cc(C(=O)Nc2ccc(OC(F)F)c(Cc3ccccc3)c2)c2ccccc21. The molecule has 32 heavy (non-hydrogen) atoms. The van der Waals surface area contributed by atoms with E-state index < -0.39 is 12.5 Å². The van der Waals surface area contributed by atoms with Crippen molar-refractivity contribution in [3.8, 4) is 5.75 Å². The van der Waals surface area contributed by atoms with Crippen LogP contribution in [0.5, 0.6) is 5.75 Å². The molecule has 5 nitrogen and oxygen atoms in total. The Morgan fingerprint density at radius 3 is 2.47 bits per heavy atom. The molecule has 162 valence electrons. The molecule has 4 rings (SSSR count). The quantitative estimate of drug-likeness (QED) is 0.466. The topological polar surface area (TPSA) is 60.3 Å². The van der Waals surface area contributed by atoms with Gasteiger partial charge in [-0.3, -0.25) is 9.59 Å². The highest BCUT2D eigenvalue weighted by Gasteiger charge is 2.16. The monoisotopic (exact) mass is 434 g/mol. The molecule has 0 aliphatic heterocycles. The fourth-order valence-electron chi connectivity index (χ4n) is 3.62. The number of pyridine rings is 1. The van der Waals surface area contributed by atoms with Crippen molar-refractivity contribution in [3.05, 3.63) is 106 Å². The summed E-state index contributed by atoms with van der Waals surface area (Å²) < 4.78 is 31.9. The zero-order chi connectivity index (χ0) is 22.7. The molecule has 0 atom stereocenters. The van der Waals surface area contributed by atoms with Gasteiger partial charge in [-0.2, -0.15) is 8.78 Å². The van der Waals surface area contributed by atoms with Gasteiger partial charge in [-0.15, -0.1) is 0 Å². The van der Waals surface area contributed by atoms with E-state index >= 15 is 0 Å². The lowest BCUT2D eigenvalue weighted by molar-refractivity contribution is -0.0503. The molecule has 1 heterocycles.